The molecule has 5 nitrogen and oxygen atoms in total. The zero-order chi connectivity index (χ0) is 15.4. The summed E-state index contributed by atoms with van der Waals surface area (Å²) < 4.78 is 19.3. The first-order valence-electron chi connectivity index (χ1n) is 6.68. The van der Waals surface area contributed by atoms with Crippen molar-refractivity contribution in [3.8, 4) is 11.5 Å². The molecule has 1 aromatic carbocycles. The van der Waals surface area contributed by atoms with Crippen LogP contribution in [0.25, 0.3) is 11.5 Å². The molecular formula is C15H18FN3O2. The predicted molar refractivity (Wildman–Crippen MR) is 76.6 cm³/mol. The molecule has 0 fully saturated rings. The maximum Gasteiger partial charge on any atom is 0.231 e. The van der Waals surface area contributed by atoms with E-state index in [1.807, 2.05) is 18.7 Å². The largest absolute Gasteiger partial charge is 0.445 e. The van der Waals surface area contributed by atoms with Crippen molar-refractivity contribution in [2.75, 3.05) is 6.54 Å². The summed E-state index contributed by atoms with van der Waals surface area (Å²) in [6, 6.07) is 4.88. The van der Waals surface area contributed by atoms with Gasteiger partial charge in [-0.2, -0.15) is 0 Å². The number of oxazole rings is 1. The average molecular weight is 291 g/mol. The minimum absolute atomic E-state index is 0.0864. The van der Waals surface area contributed by atoms with Crippen molar-refractivity contribution in [2.24, 2.45) is 5.73 Å². The fourth-order valence-electron chi connectivity index (χ4n) is 2.01. The average Bonchev–Trinajstić information content (AvgIpc) is 2.93. The molecular weight excluding hydrogens is 273 g/mol. The molecule has 0 aliphatic heterocycles. The molecule has 2 N–H and O–H groups in total. The minimum atomic E-state index is -0.430. The lowest BCUT2D eigenvalue weighted by molar-refractivity contribution is -0.119. The molecule has 0 saturated carbocycles. The highest BCUT2D eigenvalue weighted by Gasteiger charge is 2.16. The molecule has 0 unspecified atom stereocenters. The summed E-state index contributed by atoms with van der Waals surface area (Å²) in [6.45, 7) is 4.28. The molecule has 0 atom stereocenters. The molecule has 2 aromatic rings. The first-order chi connectivity index (χ1) is 9.97. The van der Waals surface area contributed by atoms with Crippen molar-refractivity contribution >= 4 is 5.91 Å². The summed E-state index contributed by atoms with van der Waals surface area (Å²) in [6.07, 6.45) is 2.95. The fourth-order valence-corrected chi connectivity index (χ4v) is 2.01. The molecule has 1 amide bonds. The van der Waals surface area contributed by atoms with Gasteiger partial charge < -0.3 is 10.2 Å². The number of halogens is 1. The number of hydrogen-bond acceptors (Lipinski definition) is 4. The van der Waals surface area contributed by atoms with Gasteiger partial charge >= 0.3 is 0 Å². The summed E-state index contributed by atoms with van der Waals surface area (Å²) in [5.41, 5.74) is 6.29. The number of amides is 1. The van der Waals surface area contributed by atoms with Crippen LogP contribution in [-0.2, 0) is 11.3 Å². The van der Waals surface area contributed by atoms with E-state index in [0.29, 0.717) is 23.6 Å². The second kappa shape index (κ2) is 6.49. The van der Waals surface area contributed by atoms with Crippen LogP contribution < -0.4 is 5.73 Å². The van der Waals surface area contributed by atoms with Gasteiger partial charge in [0.25, 0.3) is 0 Å². The van der Waals surface area contributed by atoms with Crippen molar-refractivity contribution in [2.45, 2.75) is 26.4 Å². The number of nitrogens with two attached hydrogens (primary N) is 1. The molecule has 112 valence electrons. The molecule has 0 bridgehead atoms. The van der Waals surface area contributed by atoms with E-state index in [4.69, 9.17) is 10.2 Å². The lowest BCUT2D eigenvalue weighted by Crippen LogP contribution is -2.38. The summed E-state index contributed by atoms with van der Waals surface area (Å²) in [7, 11) is 0. The topological polar surface area (TPSA) is 72.4 Å². The highest BCUT2D eigenvalue weighted by Crippen LogP contribution is 2.21. The van der Waals surface area contributed by atoms with Crippen LogP contribution in [0.3, 0.4) is 0 Å². The highest BCUT2D eigenvalue weighted by atomic mass is 19.1. The standard InChI is InChI=1S/C15H18FN3O2/c1-10(2)19(9-14(17)20)8-12-4-3-11(7-13(12)16)15-18-5-6-21-15/h3-7,10H,8-9H2,1-2H3,(H2,17,20). The Labute approximate surface area is 122 Å². The van der Waals surface area contributed by atoms with E-state index in [-0.39, 0.29) is 18.4 Å². The Balaban J connectivity index is 2.18. The third-order valence-corrected chi connectivity index (χ3v) is 3.19. The Morgan fingerprint density at radius 1 is 1.48 bits per heavy atom. The normalized spacial score (nSPS) is 11.3. The maximum absolute atomic E-state index is 14.2. The zero-order valence-electron chi connectivity index (χ0n) is 12.0. The Morgan fingerprint density at radius 3 is 2.76 bits per heavy atom. The molecule has 21 heavy (non-hydrogen) atoms. The first-order valence-corrected chi connectivity index (χ1v) is 6.68. The fraction of sp³-hybridized carbons (Fsp3) is 0.333. The van der Waals surface area contributed by atoms with Gasteiger partial charge in [0, 0.05) is 23.7 Å². The lowest BCUT2D eigenvalue weighted by atomic mass is 10.1. The van der Waals surface area contributed by atoms with Crippen LogP contribution in [0.2, 0.25) is 0 Å². The summed E-state index contributed by atoms with van der Waals surface area (Å²) in [5.74, 6) is -0.417. The molecule has 0 spiro atoms. The van der Waals surface area contributed by atoms with Gasteiger partial charge in [-0.15, -0.1) is 0 Å². The van der Waals surface area contributed by atoms with Crippen LogP contribution in [0.4, 0.5) is 4.39 Å². The van der Waals surface area contributed by atoms with Crippen molar-refractivity contribution in [3.63, 3.8) is 0 Å². The van der Waals surface area contributed by atoms with Crippen LogP contribution in [0.5, 0.6) is 0 Å². The van der Waals surface area contributed by atoms with E-state index in [1.54, 1.807) is 12.1 Å². The van der Waals surface area contributed by atoms with E-state index in [0.717, 1.165) is 0 Å². The van der Waals surface area contributed by atoms with Crippen molar-refractivity contribution in [3.05, 3.63) is 42.0 Å². The SMILES string of the molecule is CC(C)N(CC(N)=O)Cc1ccc(-c2ncco2)cc1F. The zero-order valence-corrected chi connectivity index (χ0v) is 12.0. The Bertz CT molecular complexity index is 611. The molecule has 2 rings (SSSR count). The quantitative estimate of drug-likeness (QED) is 0.885. The van der Waals surface area contributed by atoms with Crippen molar-refractivity contribution in [1.29, 1.82) is 0 Å². The number of carbonyl (C=O) groups excluding carboxylic acids is 1. The van der Waals surface area contributed by atoms with Gasteiger partial charge in [-0.1, -0.05) is 6.07 Å². The number of primary amides is 1. The maximum atomic E-state index is 14.2. The van der Waals surface area contributed by atoms with Gasteiger partial charge in [-0.25, -0.2) is 9.37 Å². The third kappa shape index (κ3) is 3.88. The number of nitrogens with zero attached hydrogens (tertiary/aromatic N) is 2. The van der Waals surface area contributed by atoms with E-state index in [9.17, 15) is 9.18 Å². The molecule has 0 saturated heterocycles. The first kappa shape index (κ1) is 15.2. The molecule has 0 aliphatic carbocycles. The Hall–Kier alpha value is -2.21. The molecule has 0 aliphatic rings. The van der Waals surface area contributed by atoms with Crippen LogP contribution >= 0.6 is 0 Å². The number of aromatic nitrogens is 1. The van der Waals surface area contributed by atoms with Crippen LogP contribution in [0.1, 0.15) is 19.4 Å². The van der Waals surface area contributed by atoms with Gasteiger partial charge in [-0.3, -0.25) is 9.69 Å². The van der Waals surface area contributed by atoms with Crippen LogP contribution in [0.15, 0.2) is 35.1 Å². The third-order valence-electron chi connectivity index (χ3n) is 3.19. The van der Waals surface area contributed by atoms with E-state index >= 15 is 0 Å². The highest BCUT2D eigenvalue weighted by molar-refractivity contribution is 5.75. The van der Waals surface area contributed by atoms with Crippen LogP contribution in [0, 0.1) is 5.82 Å². The van der Waals surface area contributed by atoms with Crippen molar-refractivity contribution < 1.29 is 13.6 Å². The summed E-state index contributed by atoms with van der Waals surface area (Å²) in [5, 5.41) is 0. The summed E-state index contributed by atoms with van der Waals surface area (Å²) in [4.78, 5) is 16.9. The van der Waals surface area contributed by atoms with Gasteiger partial charge in [0.05, 0.1) is 12.7 Å². The molecule has 0 radical (unpaired) electrons. The van der Waals surface area contributed by atoms with E-state index in [1.165, 1.54) is 18.5 Å². The Kier molecular flexibility index (Phi) is 4.70. The smallest absolute Gasteiger partial charge is 0.231 e. The van der Waals surface area contributed by atoms with Gasteiger partial charge in [0.1, 0.15) is 12.1 Å². The monoisotopic (exact) mass is 291 g/mol. The summed E-state index contributed by atoms with van der Waals surface area (Å²) >= 11 is 0. The van der Waals surface area contributed by atoms with Crippen molar-refractivity contribution in [1.82, 2.24) is 9.88 Å². The number of carbonyl (C=O) groups is 1. The van der Waals surface area contributed by atoms with Crippen LogP contribution in [-0.4, -0.2) is 28.4 Å². The number of hydrogen-bond donors (Lipinski definition) is 1. The minimum Gasteiger partial charge on any atom is -0.445 e. The second-order valence-electron chi connectivity index (χ2n) is 5.11. The Morgan fingerprint density at radius 2 is 2.24 bits per heavy atom. The molecule has 6 heteroatoms. The second-order valence-corrected chi connectivity index (χ2v) is 5.11. The van der Waals surface area contributed by atoms with Gasteiger partial charge in [0.15, 0.2) is 0 Å². The predicted octanol–water partition coefficient (Wildman–Crippen LogP) is 2.18. The number of rotatable bonds is 6. The van der Waals surface area contributed by atoms with Gasteiger partial charge in [0.2, 0.25) is 11.8 Å². The van der Waals surface area contributed by atoms with Gasteiger partial charge in [-0.05, 0) is 26.0 Å². The molecule has 1 heterocycles. The van der Waals surface area contributed by atoms with E-state index < -0.39 is 5.91 Å². The molecule has 1 aromatic heterocycles. The lowest BCUT2D eigenvalue weighted by Gasteiger charge is -2.25. The number of benzene rings is 1. The van der Waals surface area contributed by atoms with E-state index in [2.05, 4.69) is 4.98 Å².